The molecule has 0 radical (unpaired) electrons. The van der Waals surface area contributed by atoms with Gasteiger partial charge in [-0.1, -0.05) is 29.8 Å². The van der Waals surface area contributed by atoms with Gasteiger partial charge in [-0.2, -0.15) is 0 Å². The molecule has 13 heteroatoms. The Morgan fingerprint density at radius 2 is 1.95 bits per heavy atom. The largest absolute Gasteiger partial charge is 0.494 e. The summed E-state index contributed by atoms with van der Waals surface area (Å²) in [6, 6.07) is 14.0. The standard InChI is InChI=1S/C28H28ClN7O5/c1-39-25-19(28-32-13-22(41-28)27(38)31-12-17-4-2-5-18(29)10-17)6-3-7-20(25)34-21-11-23(35-36-24(21)26(30)37)33-15-40-14-16-8-9-16/h2-7,10-11,13,16H,8-9,12,14-15H2,1H3,(H2,30,37)(H,31,38)(H2,33,34,35). The van der Waals surface area contributed by atoms with E-state index in [1.807, 2.05) is 6.07 Å². The van der Waals surface area contributed by atoms with Crippen LogP contribution in [0.2, 0.25) is 5.02 Å². The van der Waals surface area contributed by atoms with Crippen molar-refractivity contribution in [2.75, 3.05) is 31.1 Å². The smallest absolute Gasteiger partial charge is 0.288 e. The van der Waals surface area contributed by atoms with Crippen LogP contribution in [-0.2, 0) is 11.3 Å². The van der Waals surface area contributed by atoms with Gasteiger partial charge in [0, 0.05) is 17.6 Å². The van der Waals surface area contributed by atoms with Gasteiger partial charge in [-0.25, -0.2) is 4.98 Å². The lowest BCUT2D eigenvalue weighted by atomic mass is 10.1. The van der Waals surface area contributed by atoms with Crippen molar-refractivity contribution >= 4 is 40.6 Å². The Balaban J connectivity index is 1.33. The highest BCUT2D eigenvalue weighted by Crippen LogP contribution is 2.38. The molecule has 12 nitrogen and oxygen atoms in total. The zero-order chi connectivity index (χ0) is 28.8. The summed E-state index contributed by atoms with van der Waals surface area (Å²) >= 11 is 6.01. The summed E-state index contributed by atoms with van der Waals surface area (Å²) < 4.78 is 17.0. The van der Waals surface area contributed by atoms with Crippen LogP contribution in [0.15, 0.2) is 59.1 Å². The first kappa shape index (κ1) is 27.9. The van der Waals surface area contributed by atoms with Crippen molar-refractivity contribution in [3.63, 3.8) is 0 Å². The number of amides is 2. The molecule has 1 aliphatic rings. The fraction of sp³-hybridized carbons (Fsp3) is 0.250. The number of nitrogens with one attached hydrogen (secondary N) is 3. The van der Waals surface area contributed by atoms with Gasteiger partial charge in [0.1, 0.15) is 6.73 Å². The molecule has 1 saturated carbocycles. The van der Waals surface area contributed by atoms with Crippen LogP contribution >= 0.6 is 11.6 Å². The molecule has 5 rings (SSSR count). The normalized spacial score (nSPS) is 12.5. The Hall–Kier alpha value is -4.68. The van der Waals surface area contributed by atoms with Crippen LogP contribution in [0.4, 0.5) is 17.2 Å². The summed E-state index contributed by atoms with van der Waals surface area (Å²) in [4.78, 5) is 29.0. The molecule has 0 spiro atoms. The quantitative estimate of drug-likeness (QED) is 0.132. The van der Waals surface area contributed by atoms with E-state index in [0.29, 0.717) is 46.1 Å². The topological polar surface area (TPSA) is 167 Å². The Bertz CT molecular complexity index is 1560. The number of nitrogens with zero attached hydrogens (tertiary/aromatic N) is 3. The summed E-state index contributed by atoms with van der Waals surface area (Å²) in [7, 11) is 1.48. The monoisotopic (exact) mass is 577 g/mol. The number of rotatable bonds is 13. The maximum atomic E-state index is 12.7. The zero-order valence-electron chi connectivity index (χ0n) is 22.1. The molecule has 0 aliphatic heterocycles. The van der Waals surface area contributed by atoms with Gasteiger partial charge in [0.15, 0.2) is 17.3 Å². The number of hydrogen-bond donors (Lipinski definition) is 4. The molecule has 0 atom stereocenters. The minimum atomic E-state index is -0.757. The van der Waals surface area contributed by atoms with E-state index in [4.69, 9.17) is 31.2 Å². The summed E-state index contributed by atoms with van der Waals surface area (Å²) in [5.41, 5.74) is 7.58. The Labute approximate surface area is 240 Å². The molecule has 0 saturated heterocycles. The predicted octanol–water partition coefficient (Wildman–Crippen LogP) is 4.36. The highest BCUT2D eigenvalue weighted by molar-refractivity contribution is 6.30. The average Bonchev–Trinajstić information content (AvgIpc) is 3.66. The van der Waals surface area contributed by atoms with Gasteiger partial charge in [-0.05, 0) is 48.6 Å². The minimum Gasteiger partial charge on any atom is -0.494 e. The summed E-state index contributed by atoms with van der Waals surface area (Å²) in [6.45, 7) is 1.20. The summed E-state index contributed by atoms with van der Waals surface area (Å²) in [6.07, 6.45) is 3.71. The molecule has 1 aliphatic carbocycles. The van der Waals surface area contributed by atoms with Crippen LogP contribution in [0.3, 0.4) is 0 Å². The second-order valence-corrected chi connectivity index (χ2v) is 9.78. The van der Waals surface area contributed by atoms with Gasteiger partial charge in [0.05, 0.1) is 36.9 Å². The number of carbonyl (C=O) groups excluding carboxylic acids is 2. The van der Waals surface area contributed by atoms with Crippen molar-refractivity contribution in [1.29, 1.82) is 0 Å². The third kappa shape index (κ3) is 7.10. The first-order chi connectivity index (χ1) is 19.9. The minimum absolute atomic E-state index is 0.0245. The maximum absolute atomic E-state index is 12.7. The molecule has 2 aromatic carbocycles. The van der Waals surface area contributed by atoms with Crippen LogP contribution < -0.4 is 26.4 Å². The average molecular weight is 578 g/mol. The molecular weight excluding hydrogens is 550 g/mol. The molecule has 41 heavy (non-hydrogen) atoms. The van der Waals surface area contributed by atoms with Gasteiger partial charge in [-0.3, -0.25) is 9.59 Å². The van der Waals surface area contributed by atoms with Gasteiger partial charge in [0.25, 0.3) is 11.8 Å². The van der Waals surface area contributed by atoms with Crippen molar-refractivity contribution in [2.24, 2.45) is 11.7 Å². The number of nitrogens with two attached hydrogens (primary N) is 1. The second-order valence-electron chi connectivity index (χ2n) is 9.35. The van der Waals surface area contributed by atoms with Gasteiger partial charge >= 0.3 is 0 Å². The molecule has 212 valence electrons. The third-order valence-electron chi connectivity index (χ3n) is 6.22. The lowest BCUT2D eigenvalue weighted by molar-refractivity contribution is 0.0923. The molecule has 2 heterocycles. The first-order valence-electron chi connectivity index (χ1n) is 12.8. The van der Waals surface area contributed by atoms with Crippen molar-refractivity contribution in [2.45, 2.75) is 19.4 Å². The number of oxazole rings is 1. The third-order valence-corrected chi connectivity index (χ3v) is 6.46. The molecule has 1 fully saturated rings. The first-order valence-corrected chi connectivity index (χ1v) is 13.2. The van der Waals surface area contributed by atoms with Gasteiger partial charge in [0.2, 0.25) is 11.7 Å². The predicted molar refractivity (Wildman–Crippen MR) is 152 cm³/mol. The van der Waals surface area contributed by atoms with E-state index in [2.05, 4.69) is 31.1 Å². The Kier molecular flexibility index (Phi) is 8.61. The number of benzene rings is 2. The Morgan fingerprint density at radius 3 is 2.71 bits per heavy atom. The highest BCUT2D eigenvalue weighted by atomic mass is 35.5. The number of halogens is 1. The molecular formula is C28H28ClN7O5. The number of para-hydroxylation sites is 1. The molecule has 5 N–H and O–H groups in total. The maximum Gasteiger partial charge on any atom is 0.288 e. The summed E-state index contributed by atoms with van der Waals surface area (Å²) in [5.74, 6) is 0.368. The molecule has 2 aromatic heterocycles. The highest BCUT2D eigenvalue weighted by Gasteiger charge is 2.22. The van der Waals surface area contributed by atoms with E-state index in [1.54, 1.807) is 42.5 Å². The SMILES string of the molecule is COc1c(Nc2cc(NCOCC3CC3)nnc2C(N)=O)cccc1-c1ncc(C(=O)NCc2cccc(Cl)c2)o1. The zero-order valence-corrected chi connectivity index (χ0v) is 22.9. The number of carbonyl (C=O) groups is 2. The summed E-state index contributed by atoms with van der Waals surface area (Å²) in [5, 5.41) is 17.5. The lowest BCUT2D eigenvalue weighted by Crippen LogP contribution is -2.22. The van der Waals surface area contributed by atoms with E-state index < -0.39 is 11.8 Å². The fourth-order valence-electron chi connectivity index (χ4n) is 3.98. The van der Waals surface area contributed by atoms with Gasteiger partial charge < -0.3 is 35.6 Å². The molecule has 0 bridgehead atoms. The van der Waals surface area contributed by atoms with Crippen molar-refractivity contribution < 1.29 is 23.5 Å². The van der Waals surface area contributed by atoms with E-state index in [0.717, 1.165) is 5.56 Å². The molecule has 2 amide bonds. The van der Waals surface area contributed by atoms with Crippen LogP contribution in [0, 0.1) is 5.92 Å². The Morgan fingerprint density at radius 1 is 1.12 bits per heavy atom. The van der Waals surface area contributed by atoms with E-state index >= 15 is 0 Å². The number of methoxy groups -OCH3 is 1. The lowest BCUT2D eigenvalue weighted by Gasteiger charge is -2.15. The molecule has 0 unspecified atom stereocenters. The number of ether oxygens (including phenoxy) is 2. The van der Waals surface area contributed by atoms with E-state index in [-0.39, 0.29) is 30.6 Å². The molecule has 4 aromatic rings. The van der Waals surface area contributed by atoms with Crippen LogP contribution in [0.1, 0.15) is 39.4 Å². The van der Waals surface area contributed by atoms with Crippen molar-refractivity contribution in [1.82, 2.24) is 20.5 Å². The number of primary amides is 1. The van der Waals surface area contributed by atoms with Crippen molar-refractivity contribution in [3.05, 3.63) is 76.8 Å². The van der Waals surface area contributed by atoms with Crippen LogP contribution in [-0.4, -0.2) is 47.4 Å². The van der Waals surface area contributed by atoms with Crippen LogP contribution in [0.25, 0.3) is 11.5 Å². The van der Waals surface area contributed by atoms with Crippen molar-refractivity contribution in [3.8, 4) is 17.2 Å². The number of aromatic nitrogens is 3. The van der Waals surface area contributed by atoms with E-state index in [1.165, 1.54) is 26.1 Å². The fourth-order valence-corrected chi connectivity index (χ4v) is 4.19. The van der Waals surface area contributed by atoms with E-state index in [9.17, 15) is 9.59 Å². The second kappa shape index (κ2) is 12.7. The van der Waals surface area contributed by atoms with Gasteiger partial charge in [-0.15, -0.1) is 10.2 Å². The van der Waals surface area contributed by atoms with Crippen LogP contribution in [0.5, 0.6) is 5.75 Å². The number of anilines is 3. The number of hydrogen-bond acceptors (Lipinski definition) is 10.